The largest absolute Gasteiger partial charge is 0.486 e. The molecule has 3 heterocycles. The Morgan fingerprint density at radius 3 is 2.88 bits per heavy atom. The van der Waals surface area contributed by atoms with E-state index in [9.17, 15) is 4.79 Å². The number of nitrogens with zero attached hydrogens (tertiary/aromatic N) is 3. The van der Waals surface area contributed by atoms with Gasteiger partial charge in [0.15, 0.2) is 0 Å². The number of hydrogen-bond donors (Lipinski definition) is 0. The lowest BCUT2D eigenvalue weighted by molar-refractivity contribution is -0.131. The smallest absolute Gasteiger partial charge is 0.242 e. The molecule has 0 N–H and O–H groups in total. The van der Waals surface area contributed by atoms with Crippen LogP contribution in [0.2, 0.25) is 0 Å². The van der Waals surface area contributed by atoms with Crippen molar-refractivity contribution in [1.82, 2.24) is 14.5 Å². The second kappa shape index (κ2) is 6.35. The van der Waals surface area contributed by atoms with E-state index in [0.29, 0.717) is 13.1 Å². The number of para-hydroxylation sites is 1. The van der Waals surface area contributed by atoms with E-state index >= 15 is 0 Å². The van der Waals surface area contributed by atoms with Gasteiger partial charge in [0.25, 0.3) is 0 Å². The van der Waals surface area contributed by atoms with Crippen molar-refractivity contribution in [2.75, 3.05) is 13.1 Å². The zero-order valence-electron chi connectivity index (χ0n) is 13.3. The van der Waals surface area contributed by atoms with Gasteiger partial charge in [0, 0.05) is 36.9 Å². The average molecular weight is 321 g/mol. The molecule has 122 valence electrons. The Kier molecular flexibility index (Phi) is 3.91. The van der Waals surface area contributed by atoms with Crippen molar-refractivity contribution in [3.8, 4) is 5.75 Å². The van der Waals surface area contributed by atoms with Crippen LogP contribution in [0.3, 0.4) is 0 Å². The second-order valence-corrected chi connectivity index (χ2v) is 6.05. The normalized spacial score (nSPS) is 17.3. The molecule has 0 unspecified atom stereocenters. The van der Waals surface area contributed by atoms with Gasteiger partial charge in [-0.1, -0.05) is 18.2 Å². The molecule has 1 atom stereocenters. The van der Waals surface area contributed by atoms with E-state index < -0.39 is 0 Å². The molecule has 5 heteroatoms. The summed E-state index contributed by atoms with van der Waals surface area (Å²) >= 11 is 0. The summed E-state index contributed by atoms with van der Waals surface area (Å²) in [7, 11) is 0. The fourth-order valence-electron chi connectivity index (χ4n) is 3.13. The first-order valence-electron chi connectivity index (χ1n) is 8.18. The Labute approximate surface area is 140 Å². The van der Waals surface area contributed by atoms with Crippen molar-refractivity contribution < 1.29 is 9.53 Å². The van der Waals surface area contributed by atoms with Crippen LogP contribution in [-0.4, -0.2) is 39.6 Å². The number of aromatic nitrogens is 2. The number of hydrogen-bond acceptors (Lipinski definition) is 3. The minimum Gasteiger partial charge on any atom is -0.486 e. The maximum absolute atomic E-state index is 12.4. The number of fused-ring (bicyclic) bond motifs is 1. The maximum Gasteiger partial charge on any atom is 0.242 e. The number of pyridine rings is 1. The summed E-state index contributed by atoms with van der Waals surface area (Å²) in [4.78, 5) is 18.7. The number of benzene rings is 1. The molecular formula is C19H19N3O2. The standard InChI is InChI=1S/C19H19N3O2/c23-18(14-21-10-1-2-11-21)22-12-8-16(13-22)24-17-7-3-5-15-6-4-9-20-19(15)17/h1-7,9-11,16H,8,12-14H2/t16-/m0/s1. The molecule has 1 aliphatic rings. The number of ether oxygens (including phenoxy) is 1. The molecule has 0 aliphatic carbocycles. The van der Waals surface area contributed by atoms with Crippen molar-refractivity contribution in [3.63, 3.8) is 0 Å². The van der Waals surface area contributed by atoms with Gasteiger partial charge in [0.2, 0.25) is 5.91 Å². The average Bonchev–Trinajstić information content (AvgIpc) is 3.27. The highest BCUT2D eigenvalue weighted by molar-refractivity contribution is 5.84. The first-order valence-corrected chi connectivity index (χ1v) is 8.18. The number of carbonyl (C=O) groups is 1. The molecule has 1 fully saturated rings. The van der Waals surface area contributed by atoms with Crippen molar-refractivity contribution in [2.45, 2.75) is 19.1 Å². The van der Waals surface area contributed by atoms with Crippen LogP contribution in [0.25, 0.3) is 10.9 Å². The van der Waals surface area contributed by atoms with E-state index in [-0.39, 0.29) is 12.0 Å². The van der Waals surface area contributed by atoms with Gasteiger partial charge >= 0.3 is 0 Å². The Balaban J connectivity index is 1.42. The Hall–Kier alpha value is -2.82. The highest BCUT2D eigenvalue weighted by Gasteiger charge is 2.28. The maximum atomic E-state index is 12.4. The van der Waals surface area contributed by atoms with E-state index in [1.54, 1.807) is 6.20 Å². The van der Waals surface area contributed by atoms with Crippen LogP contribution in [0.4, 0.5) is 0 Å². The third kappa shape index (κ3) is 2.97. The zero-order valence-corrected chi connectivity index (χ0v) is 13.3. The highest BCUT2D eigenvalue weighted by atomic mass is 16.5. The fourth-order valence-corrected chi connectivity index (χ4v) is 3.13. The second-order valence-electron chi connectivity index (χ2n) is 6.05. The van der Waals surface area contributed by atoms with Crippen LogP contribution in [0, 0.1) is 0 Å². The highest BCUT2D eigenvalue weighted by Crippen LogP contribution is 2.26. The van der Waals surface area contributed by atoms with Crippen molar-refractivity contribution in [3.05, 3.63) is 61.1 Å². The van der Waals surface area contributed by atoms with Gasteiger partial charge in [-0.05, 0) is 24.3 Å². The van der Waals surface area contributed by atoms with E-state index in [4.69, 9.17) is 4.74 Å². The molecule has 0 saturated carbocycles. The summed E-state index contributed by atoms with van der Waals surface area (Å²) < 4.78 is 8.03. The first kappa shape index (κ1) is 14.8. The number of rotatable bonds is 4. The van der Waals surface area contributed by atoms with Gasteiger partial charge in [-0.25, -0.2) is 0 Å². The van der Waals surface area contributed by atoms with Gasteiger partial charge in [-0.2, -0.15) is 0 Å². The molecule has 1 aromatic carbocycles. The zero-order chi connectivity index (χ0) is 16.4. The summed E-state index contributed by atoms with van der Waals surface area (Å²) in [6.45, 7) is 1.75. The van der Waals surface area contributed by atoms with Crippen LogP contribution in [0.15, 0.2) is 61.1 Å². The monoisotopic (exact) mass is 321 g/mol. The third-order valence-corrected chi connectivity index (χ3v) is 4.37. The summed E-state index contributed by atoms with van der Waals surface area (Å²) in [6.07, 6.45) is 6.46. The lowest BCUT2D eigenvalue weighted by Crippen LogP contribution is -2.33. The minimum absolute atomic E-state index is 0.0196. The molecule has 24 heavy (non-hydrogen) atoms. The van der Waals surface area contributed by atoms with Crippen molar-refractivity contribution in [1.29, 1.82) is 0 Å². The molecule has 2 aromatic heterocycles. The molecular weight excluding hydrogens is 302 g/mol. The van der Waals surface area contributed by atoms with E-state index in [1.807, 2.05) is 64.3 Å². The van der Waals surface area contributed by atoms with Gasteiger partial charge < -0.3 is 14.2 Å². The predicted octanol–water partition coefficient (Wildman–Crippen LogP) is 2.72. The van der Waals surface area contributed by atoms with Crippen molar-refractivity contribution >= 4 is 16.8 Å². The van der Waals surface area contributed by atoms with Gasteiger partial charge in [0.05, 0.1) is 6.54 Å². The quantitative estimate of drug-likeness (QED) is 0.742. The summed E-state index contributed by atoms with van der Waals surface area (Å²) in [5, 5.41) is 1.06. The Morgan fingerprint density at radius 2 is 2.00 bits per heavy atom. The molecule has 1 amide bonds. The molecule has 0 bridgehead atoms. The van der Waals surface area contributed by atoms with E-state index in [1.165, 1.54) is 0 Å². The number of carbonyl (C=O) groups excluding carboxylic acids is 1. The van der Waals surface area contributed by atoms with Gasteiger partial charge in [-0.3, -0.25) is 9.78 Å². The first-order chi connectivity index (χ1) is 11.8. The van der Waals surface area contributed by atoms with E-state index in [2.05, 4.69) is 4.98 Å². The van der Waals surface area contributed by atoms with Crippen LogP contribution in [0.1, 0.15) is 6.42 Å². The lowest BCUT2D eigenvalue weighted by atomic mass is 10.2. The summed E-state index contributed by atoms with van der Waals surface area (Å²) in [5.41, 5.74) is 0.872. The van der Waals surface area contributed by atoms with Crippen LogP contribution in [0.5, 0.6) is 5.75 Å². The molecule has 1 aliphatic heterocycles. The van der Waals surface area contributed by atoms with Gasteiger partial charge in [0.1, 0.15) is 23.9 Å². The van der Waals surface area contributed by atoms with E-state index in [0.717, 1.165) is 29.6 Å². The topological polar surface area (TPSA) is 47.4 Å². The SMILES string of the molecule is O=C(Cn1cccc1)N1CC[C@H](Oc2cccc3cccnc23)C1. The Morgan fingerprint density at radius 1 is 1.17 bits per heavy atom. The third-order valence-electron chi connectivity index (χ3n) is 4.37. The number of likely N-dealkylation sites (tertiary alicyclic amines) is 1. The molecule has 1 saturated heterocycles. The molecule has 0 radical (unpaired) electrons. The molecule has 4 rings (SSSR count). The lowest BCUT2D eigenvalue weighted by Gasteiger charge is -2.18. The van der Waals surface area contributed by atoms with Crippen LogP contribution < -0.4 is 4.74 Å². The molecule has 0 spiro atoms. The minimum atomic E-state index is 0.0196. The predicted molar refractivity (Wildman–Crippen MR) is 91.8 cm³/mol. The number of amides is 1. The summed E-state index contributed by atoms with van der Waals surface area (Å²) in [6, 6.07) is 13.7. The fraction of sp³-hybridized carbons (Fsp3) is 0.263. The molecule has 3 aromatic rings. The van der Waals surface area contributed by atoms with Crippen LogP contribution >= 0.6 is 0 Å². The van der Waals surface area contributed by atoms with Crippen LogP contribution in [-0.2, 0) is 11.3 Å². The molecule has 5 nitrogen and oxygen atoms in total. The Bertz CT molecular complexity index is 839. The van der Waals surface area contributed by atoms with Gasteiger partial charge in [-0.15, -0.1) is 0 Å². The summed E-state index contributed by atoms with van der Waals surface area (Å²) in [5.74, 6) is 0.922. The van der Waals surface area contributed by atoms with Crippen molar-refractivity contribution in [2.24, 2.45) is 0 Å².